The van der Waals surface area contributed by atoms with Gasteiger partial charge in [-0.2, -0.15) is 0 Å². The van der Waals surface area contributed by atoms with Crippen molar-refractivity contribution in [3.05, 3.63) is 94.3 Å². The molecule has 0 radical (unpaired) electrons. The fourth-order valence-electron chi connectivity index (χ4n) is 3.95. The van der Waals surface area contributed by atoms with Crippen LogP contribution >= 0.6 is 11.6 Å². The number of rotatable bonds is 11. The van der Waals surface area contributed by atoms with Crippen molar-refractivity contribution in [1.82, 2.24) is 10.2 Å². The summed E-state index contributed by atoms with van der Waals surface area (Å²) in [5, 5.41) is 3.13. The first-order valence-electron chi connectivity index (χ1n) is 13.0. The quantitative estimate of drug-likeness (QED) is 0.322. The summed E-state index contributed by atoms with van der Waals surface area (Å²) in [6.07, 6.45) is 0. The largest absolute Gasteiger partial charge is 0.354 e. The highest BCUT2D eigenvalue weighted by molar-refractivity contribution is 7.92. The lowest BCUT2D eigenvalue weighted by atomic mass is 10.1. The number of nitrogens with zero attached hydrogens (tertiary/aromatic N) is 2. The van der Waals surface area contributed by atoms with Crippen LogP contribution in [0.3, 0.4) is 0 Å². The fraction of sp³-hybridized carbons (Fsp3) is 0.333. The zero-order valence-corrected chi connectivity index (χ0v) is 24.9. The normalized spacial score (nSPS) is 12.2. The van der Waals surface area contributed by atoms with E-state index in [1.165, 1.54) is 48.2 Å². The van der Waals surface area contributed by atoms with Crippen molar-refractivity contribution < 1.29 is 22.4 Å². The Labute approximate surface area is 241 Å². The standard InChI is InChI=1S/C30H35ClFN3O4S/c1-20(2)17-33-30(37)23(5)34(18-24-8-6-7-9-28(24)32)29(36)19-35(25-13-12-22(4)27(31)16-25)40(38,39)26-14-10-21(3)11-15-26/h6-16,20,23H,17-19H2,1-5H3,(H,33,37)/t23-/m1/s1. The van der Waals surface area contributed by atoms with Crippen LogP contribution in [-0.2, 0) is 26.2 Å². The molecule has 1 atom stereocenters. The molecular weight excluding hydrogens is 553 g/mol. The first-order valence-corrected chi connectivity index (χ1v) is 14.8. The SMILES string of the molecule is Cc1ccc(S(=O)(=O)N(CC(=O)N(Cc2ccccc2F)[C@H](C)C(=O)NCC(C)C)c2ccc(C)c(Cl)c2)cc1. The molecule has 3 rings (SSSR count). The van der Waals surface area contributed by atoms with Gasteiger partial charge >= 0.3 is 0 Å². The van der Waals surface area contributed by atoms with Crippen LogP contribution in [0.2, 0.25) is 5.02 Å². The van der Waals surface area contributed by atoms with Gasteiger partial charge < -0.3 is 10.2 Å². The van der Waals surface area contributed by atoms with Crippen molar-refractivity contribution in [2.75, 3.05) is 17.4 Å². The third kappa shape index (κ3) is 7.61. The van der Waals surface area contributed by atoms with Crippen LogP contribution in [0.4, 0.5) is 10.1 Å². The van der Waals surface area contributed by atoms with E-state index in [-0.39, 0.29) is 28.6 Å². The molecule has 0 heterocycles. The van der Waals surface area contributed by atoms with Gasteiger partial charge in [-0.05, 0) is 62.6 Å². The van der Waals surface area contributed by atoms with Gasteiger partial charge in [-0.1, -0.05) is 67.4 Å². The van der Waals surface area contributed by atoms with Crippen LogP contribution in [0.1, 0.15) is 37.5 Å². The Balaban J connectivity index is 2.05. The summed E-state index contributed by atoms with van der Waals surface area (Å²) in [4.78, 5) is 28.1. The number of carbonyl (C=O) groups excluding carboxylic acids is 2. The predicted octanol–water partition coefficient (Wildman–Crippen LogP) is 5.48. The molecule has 10 heteroatoms. The molecule has 0 unspecified atom stereocenters. The van der Waals surface area contributed by atoms with Gasteiger partial charge in [0, 0.05) is 23.7 Å². The average molecular weight is 588 g/mol. The van der Waals surface area contributed by atoms with Crippen LogP contribution < -0.4 is 9.62 Å². The van der Waals surface area contributed by atoms with Gasteiger partial charge in [0.1, 0.15) is 18.4 Å². The Kier molecular flexibility index (Phi) is 10.3. The second kappa shape index (κ2) is 13.3. The Bertz CT molecular complexity index is 1460. The molecule has 2 amide bonds. The van der Waals surface area contributed by atoms with Crippen LogP contribution in [0.5, 0.6) is 0 Å². The molecule has 0 aliphatic carbocycles. The fourth-order valence-corrected chi connectivity index (χ4v) is 5.53. The summed E-state index contributed by atoms with van der Waals surface area (Å²) in [6.45, 7) is 8.56. The Hall–Kier alpha value is -3.43. The van der Waals surface area contributed by atoms with Crippen molar-refractivity contribution in [2.24, 2.45) is 5.92 Å². The highest BCUT2D eigenvalue weighted by Gasteiger charge is 2.33. The molecule has 7 nitrogen and oxygen atoms in total. The number of carbonyl (C=O) groups is 2. The van der Waals surface area contributed by atoms with E-state index in [1.54, 1.807) is 37.3 Å². The number of aryl methyl sites for hydroxylation is 2. The van der Waals surface area contributed by atoms with Crippen molar-refractivity contribution >= 4 is 39.1 Å². The number of amides is 2. The summed E-state index contributed by atoms with van der Waals surface area (Å²) in [6, 6.07) is 15.9. The molecule has 0 aliphatic rings. The van der Waals surface area contributed by atoms with Crippen LogP contribution in [0.25, 0.3) is 0 Å². The summed E-state index contributed by atoms with van der Waals surface area (Å²) in [5.74, 6) is -1.47. The number of hydrogen-bond acceptors (Lipinski definition) is 4. The molecule has 0 saturated carbocycles. The van der Waals surface area contributed by atoms with E-state index in [4.69, 9.17) is 11.6 Å². The van der Waals surface area contributed by atoms with E-state index >= 15 is 0 Å². The average Bonchev–Trinajstić information content (AvgIpc) is 2.91. The summed E-state index contributed by atoms with van der Waals surface area (Å²) in [5.41, 5.74) is 2.00. The van der Waals surface area contributed by atoms with Crippen LogP contribution in [0.15, 0.2) is 71.6 Å². The van der Waals surface area contributed by atoms with Crippen molar-refractivity contribution in [3.8, 4) is 0 Å². The van der Waals surface area contributed by atoms with E-state index < -0.39 is 40.2 Å². The number of anilines is 1. The maximum Gasteiger partial charge on any atom is 0.264 e. The topological polar surface area (TPSA) is 86.8 Å². The number of sulfonamides is 1. The number of benzene rings is 3. The maximum atomic E-state index is 14.6. The smallest absolute Gasteiger partial charge is 0.264 e. The van der Waals surface area contributed by atoms with Gasteiger partial charge in [-0.15, -0.1) is 0 Å². The Morgan fingerprint density at radius 3 is 2.23 bits per heavy atom. The Morgan fingerprint density at radius 2 is 1.62 bits per heavy atom. The highest BCUT2D eigenvalue weighted by atomic mass is 35.5. The summed E-state index contributed by atoms with van der Waals surface area (Å²) in [7, 11) is -4.22. The zero-order chi connectivity index (χ0) is 29.6. The molecule has 0 bridgehead atoms. The molecule has 1 N–H and O–H groups in total. The van der Waals surface area contributed by atoms with E-state index in [2.05, 4.69) is 5.32 Å². The second-order valence-corrected chi connectivity index (χ2v) is 12.5. The van der Waals surface area contributed by atoms with Gasteiger partial charge in [-0.25, -0.2) is 12.8 Å². The monoisotopic (exact) mass is 587 g/mol. The third-order valence-electron chi connectivity index (χ3n) is 6.48. The van der Waals surface area contributed by atoms with Gasteiger partial charge in [0.05, 0.1) is 10.6 Å². The molecule has 3 aromatic carbocycles. The lowest BCUT2D eigenvalue weighted by Crippen LogP contribution is -2.51. The van der Waals surface area contributed by atoms with Crippen molar-refractivity contribution in [1.29, 1.82) is 0 Å². The number of hydrogen-bond donors (Lipinski definition) is 1. The minimum atomic E-state index is -4.22. The van der Waals surface area contributed by atoms with Crippen molar-refractivity contribution in [2.45, 2.75) is 52.1 Å². The lowest BCUT2D eigenvalue weighted by Gasteiger charge is -2.32. The maximum absolute atomic E-state index is 14.6. The zero-order valence-electron chi connectivity index (χ0n) is 23.3. The van der Waals surface area contributed by atoms with Crippen molar-refractivity contribution in [3.63, 3.8) is 0 Å². The van der Waals surface area contributed by atoms with Gasteiger partial charge in [-0.3, -0.25) is 13.9 Å². The molecule has 214 valence electrons. The third-order valence-corrected chi connectivity index (χ3v) is 8.68. The first-order chi connectivity index (χ1) is 18.8. The van der Waals surface area contributed by atoms with E-state index in [9.17, 15) is 22.4 Å². The van der Waals surface area contributed by atoms with E-state index in [0.717, 1.165) is 15.4 Å². The molecule has 40 heavy (non-hydrogen) atoms. The summed E-state index contributed by atoms with van der Waals surface area (Å²) < 4.78 is 43.3. The Morgan fingerprint density at radius 1 is 0.975 bits per heavy atom. The second-order valence-electron chi connectivity index (χ2n) is 10.2. The van der Waals surface area contributed by atoms with Crippen LogP contribution in [-0.4, -0.2) is 44.3 Å². The molecular formula is C30H35ClFN3O4S. The molecule has 0 aromatic heterocycles. The molecule has 0 fully saturated rings. The molecule has 0 spiro atoms. The van der Waals surface area contributed by atoms with E-state index in [0.29, 0.717) is 11.6 Å². The molecule has 3 aromatic rings. The lowest BCUT2D eigenvalue weighted by molar-refractivity contribution is -0.139. The van der Waals surface area contributed by atoms with Gasteiger partial charge in [0.2, 0.25) is 11.8 Å². The van der Waals surface area contributed by atoms with Gasteiger partial charge in [0.15, 0.2) is 0 Å². The van der Waals surface area contributed by atoms with E-state index in [1.807, 2.05) is 20.8 Å². The molecule has 0 aliphatic heterocycles. The predicted molar refractivity (Wildman–Crippen MR) is 156 cm³/mol. The minimum Gasteiger partial charge on any atom is -0.354 e. The first kappa shape index (κ1) is 31.1. The number of halogens is 2. The van der Waals surface area contributed by atoms with Gasteiger partial charge in [0.25, 0.3) is 10.0 Å². The summed E-state index contributed by atoms with van der Waals surface area (Å²) >= 11 is 6.34. The number of nitrogens with one attached hydrogen (secondary N) is 1. The highest BCUT2D eigenvalue weighted by Crippen LogP contribution is 2.29. The van der Waals surface area contributed by atoms with Crippen LogP contribution in [0, 0.1) is 25.6 Å². The minimum absolute atomic E-state index is 0.00836. The molecule has 0 saturated heterocycles.